The molecule has 5 heteroatoms. The highest BCUT2D eigenvalue weighted by Gasteiger charge is 2.10. The highest BCUT2D eigenvalue weighted by atomic mass is 32.1. The van der Waals surface area contributed by atoms with Crippen LogP contribution in [0.4, 0.5) is 4.39 Å². The Balaban J connectivity index is 1.94. The third-order valence-corrected chi connectivity index (χ3v) is 3.41. The molecule has 0 saturated heterocycles. The summed E-state index contributed by atoms with van der Waals surface area (Å²) in [4.78, 5) is 5.14. The molecule has 18 heavy (non-hydrogen) atoms. The third kappa shape index (κ3) is 3.27. The largest absolute Gasteiger partial charge is 0.475 e. The van der Waals surface area contributed by atoms with E-state index >= 15 is 0 Å². The molecule has 0 unspecified atom stereocenters. The minimum Gasteiger partial charge on any atom is -0.475 e. The first-order valence-corrected chi connectivity index (χ1v) is 6.62. The predicted molar refractivity (Wildman–Crippen MR) is 70.5 cm³/mol. The number of hydrogen-bond acceptors (Lipinski definition) is 4. The summed E-state index contributed by atoms with van der Waals surface area (Å²) < 4.78 is 19.3. The van der Waals surface area contributed by atoms with Crippen LogP contribution in [-0.4, -0.2) is 18.6 Å². The van der Waals surface area contributed by atoms with E-state index in [4.69, 9.17) is 4.74 Å². The van der Waals surface area contributed by atoms with Gasteiger partial charge in [0.15, 0.2) is 5.82 Å². The number of halogens is 1. The normalized spacial score (nSPS) is 10.6. The van der Waals surface area contributed by atoms with Crippen LogP contribution < -0.4 is 10.1 Å². The molecule has 0 aromatic carbocycles. The van der Waals surface area contributed by atoms with Crippen molar-refractivity contribution < 1.29 is 9.13 Å². The van der Waals surface area contributed by atoms with Gasteiger partial charge in [-0.2, -0.15) is 0 Å². The molecule has 0 spiro atoms. The summed E-state index contributed by atoms with van der Waals surface area (Å²) in [7, 11) is 1.77. The molecule has 2 heterocycles. The van der Waals surface area contributed by atoms with E-state index in [1.165, 1.54) is 4.88 Å². The van der Waals surface area contributed by atoms with Crippen LogP contribution in [0.1, 0.15) is 10.4 Å². The summed E-state index contributed by atoms with van der Waals surface area (Å²) >= 11 is 1.67. The average molecular weight is 266 g/mol. The minimum atomic E-state index is -0.377. The summed E-state index contributed by atoms with van der Waals surface area (Å²) in [5.74, 6) is -0.294. The summed E-state index contributed by atoms with van der Waals surface area (Å²) in [6.07, 6.45) is 2.34. The van der Waals surface area contributed by atoms with Crippen LogP contribution in [0.15, 0.2) is 29.8 Å². The summed E-state index contributed by atoms with van der Waals surface area (Å²) in [6.45, 7) is 0.906. The van der Waals surface area contributed by atoms with Gasteiger partial charge >= 0.3 is 0 Å². The molecule has 1 N–H and O–H groups in total. The molecular weight excluding hydrogens is 251 g/mol. The van der Waals surface area contributed by atoms with Gasteiger partial charge in [0.2, 0.25) is 0 Å². The number of hydrogen-bond donors (Lipinski definition) is 1. The monoisotopic (exact) mass is 266 g/mol. The molecule has 0 amide bonds. The van der Waals surface area contributed by atoms with E-state index in [0.717, 1.165) is 6.42 Å². The number of pyridine rings is 1. The molecule has 3 nitrogen and oxygen atoms in total. The molecule has 0 aliphatic heterocycles. The van der Waals surface area contributed by atoms with Crippen molar-refractivity contribution in [2.24, 2.45) is 0 Å². The van der Waals surface area contributed by atoms with Gasteiger partial charge in [0, 0.05) is 29.6 Å². The highest BCUT2D eigenvalue weighted by Crippen LogP contribution is 2.18. The molecule has 0 aliphatic rings. The van der Waals surface area contributed by atoms with Gasteiger partial charge in [-0.25, -0.2) is 9.37 Å². The maximum atomic E-state index is 13.9. The maximum Gasteiger partial charge on any atom is 0.250 e. The fraction of sp³-hybridized carbons (Fsp3) is 0.308. The van der Waals surface area contributed by atoms with Crippen molar-refractivity contribution in [3.05, 3.63) is 46.0 Å². The lowest BCUT2D eigenvalue weighted by Crippen LogP contribution is -2.10. The zero-order valence-corrected chi connectivity index (χ0v) is 11.0. The van der Waals surface area contributed by atoms with E-state index in [2.05, 4.69) is 10.3 Å². The lowest BCUT2D eigenvalue weighted by molar-refractivity contribution is 0.291. The lowest BCUT2D eigenvalue weighted by atomic mass is 10.2. The molecule has 0 aliphatic carbocycles. The SMILES string of the molecule is CNCc1ccnc(OCCc2cccs2)c1F. The van der Waals surface area contributed by atoms with Crippen LogP contribution >= 0.6 is 11.3 Å². The van der Waals surface area contributed by atoms with Crippen molar-refractivity contribution in [1.82, 2.24) is 10.3 Å². The Morgan fingerprint density at radius 2 is 2.33 bits per heavy atom. The van der Waals surface area contributed by atoms with Crippen molar-refractivity contribution in [3.8, 4) is 5.88 Å². The smallest absolute Gasteiger partial charge is 0.250 e. The molecule has 0 radical (unpaired) electrons. The Labute approximate surface area is 110 Å². The van der Waals surface area contributed by atoms with Crippen LogP contribution in [0.3, 0.4) is 0 Å². The predicted octanol–water partition coefficient (Wildman–Crippen LogP) is 2.62. The summed E-state index contributed by atoms with van der Waals surface area (Å²) in [6, 6.07) is 5.68. The Morgan fingerprint density at radius 1 is 1.44 bits per heavy atom. The molecular formula is C13H15FN2OS. The molecule has 96 valence electrons. The van der Waals surface area contributed by atoms with Gasteiger partial charge in [0.05, 0.1) is 6.61 Å². The number of thiophene rings is 1. The Bertz CT molecular complexity index is 488. The number of nitrogens with zero attached hydrogens (tertiary/aromatic N) is 1. The number of aromatic nitrogens is 1. The van der Waals surface area contributed by atoms with Gasteiger partial charge in [0.25, 0.3) is 5.88 Å². The van der Waals surface area contributed by atoms with Crippen LogP contribution in [-0.2, 0) is 13.0 Å². The van der Waals surface area contributed by atoms with E-state index < -0.39 is 0 Å². The van der Waals surface area contributed by atoms with Crippen molar-refractivity contribution in [1.29, 1.82) is 0 Å². The molecule has 2 rings (SSSR count). The van der Waals surface area contributed by atoms with Gasteiger partial charge in [-0.1, -0.05) is 6.07 Å². The van der Waals surface area contributed by atoms with Crippen molar-refractivity contribution >= 4 is 11.3 Å². The topological polar surface area (TPSA) is 34.2 Å². The fourth-order valence-corrected chi connectivity index (χ4v) is 2.28. The van der Waals surface area contributed by atoms with Crippen LogP contribution in [0.25, 0.3) is 0 Å². The third-order valence-electron chi connectivity index (χ3n) is 2.47. The number of nitrogens with one attached hydrogen (secondary N) is 1. The van der Waals surface area contributed by atoms with E-state index in [1.54, 1.807) is 30.6 Å². The maximum absolute atomic E-state index is 13.9. The first-order valence-electron chi connectivity index (χ1n) is 5.74. The highest BCUT2D eigenvalue weighted by molar-refractivity contribution is 7.09. The van der Waals surface area contributed by atoms with Gasteiger partial charge in [0.1, 0.15) is 0 Å². The van der Waals surface area contributed by atoms with Gasteiger partial charge in [-0.15, -0.1) is 11.3 Å². The first-order chi connectivity index (χ1) is 8.81. The zero-order valence-electron chi connectivity index (χ0n) is 10.1. The van der Waals surface area contributed by atoms with E-state index in [9.17, 15) is 4.39 Å². The van der Waals surface area contributed by atoms with Crippen molar-refractivity contribution in [2.45, 2.75) is 13.0 Å². The quantitative estimate of drug-likeness (QED) is 0.872. The number of rotatable bonds is 6. The Hall–Kier alpha value is -1.46. The number of ether oxygens (including phenoxy) is 1. The molecule has 0 bridgehead atoms. The first kappa shape index (κ1) is 13.0. The van der Waals surface area contributed by atoms with Crippen LogP contribution in [0.2, 0.25) is 0 Å². The Kier molecular flexibility index (Phi) is 4.66. The lowest BCUT2D eigenvalue weighted by Gasteiger charge is -2.08. The second-order valence-electron chi connectivity index (χ2n) is 3.80. The van der Waals surface area contributed by atoms with Crippen LogP contribution in [0.5, 0.6) is 5.88 Å². The molecule has 0 saturated carbocycles. The van der Waals surface area contributed by atoms with E-state index in [0.29, 0.717) is 18.7 Å². The van der Waals surface area contributed by atoms with Crippen LogP contribution in [0, 0.1) is 5.82 Å². The molecule has 0 atom stereocenters. The Morgan fingerprint density at radius 3 is 3.06 bits per heavy atom. The second-order valence-corrected chi connectivity index (χ2v) is 4.83. The van der Waals surface area contributed by atoms with Crippen molar-refractivity contribution in [2.75, 3.05) is 13.7 Å². The standard InChI is InChI=1S/C13H15FN2OS/c1-15-9-10-4-6-16-13(12(10)14)17-7-5-11-3-2-8-18-11/h2-4,6,8,15H,5,7,9H2,1H3. The zero-order chi connectivity index (χ0) is 12.8. The minimum absolute atomic E-state index is 0.0827. The second kappa shape index (κ2) is 6.47. The average Bonchev–Trinajstić information content (AvgIpc) is 2.87. The van der Waals surface area contributed by atoms with Gasteiger partial charge in [-0.05, 0) is 24.6 Å². The van der Waals surface area contributed by atoms with E-state index in [1.807, 2.05) is 17.5 Å². The van der Waals surface area contributed by atoms with Gasteiger partial charge in [-0.3, -0.25) is 0 Å². The van der Waals surface area contributed by atoms with Gasteiger partial charge < -0.3 is 10.1 Å². The molecule has 2 aromatic rings. The summed E-state index contributed by atoms with van der Waals surface area (Å²) in [5, 5.41) is 4.92. The molecule has 0 fully saturated rings. The fourth-order valence-electron chi connectivity index (χ4n) is 1.59. The summed E-state index contributed by atoms with van der Waals surface area (Å²) in [5.41, 5.74) is 0.568. The van der Waals surface area contributed by atoms with E-state index in [-0.39, 0.29) is 11.7 Å². The molecule has 2 aromatic heterocycles. The van der Waals surface area contributed by atoms with Crippen molar-refractivity contribution in [3.63, 3.8) is 0 Å².